The zero-order chi connectivity index (χ0) is 13.3. The molecule has 2 fully saturated rings. The van der Waals surface area contributed by atoms with E-state index < -0.39 is 15.9 Å². The number of fused-ring (bicyclic) bond motifs is 1. The summed E-state index contributed by atoms with van der Waals surface area (Å²) < 4.78 is 23.0. The number of amides is 2. The van der Waals surface area contributed by atoms with Crippen molar-refractivity contribution in [3.8, 4) is 0 Å². The van der Waals surface area contributed by atoms with Crippen LogP contribution in [0.15, 0.2) is 0 Å². The number of sulfone groups is 1. The normalized spacial score (nSPS) is 26.6. The number of piperazine rings is 1. The van der Waals surface area contributed by atoms with Crippen molar-refractivity contribution in [2.24, 2.45) is 0 Å². The third-order valence-electron chi connectivity index (χ3n) is 3.40. The Morgan fingerprint density at radius 2 is 2.00 bits per heavy atom. The van der Waals surface area contributed by atoms with Gasteiger partial charge < -0.3 is 9.80 Å². The minimum Gasteiger partial charge on any atom is -0.332 e. The average molecular weight is 274 g/mol. The molecule has 0 aromatic rings. The summed E-state index contributed by atoms with van der Waals surface area (Å²) in [7, 11) is -3.29. The van der Waals surface area contributed by atoms with Crippen LogP contribution in [0.1, 0.15) is 26.2 Å². The molecule has 0 N–H and O–H groups in total. The molecule has 1 atom stereocenters. The molecule has 0 aromatic heterocycles. The summed E-state index contributed by atoms with van der Waals surface area (Å²) in [6.45, 7) is 2.63. The Morgan fingerprint density at radius 1 is 1.28 bits per heavy atom. The fraction of sp³-hybridized carbons (Fsp3) is 0.818. The third kappa shape index (κ3) is 2.50. The van der Waals surface area contributed by atoms with Gasteiger partial charge in [-0.3, -0.25) is 9.59 Å². The highest BCUT2D eigenvalue weighted by Crippen LogP contribution is 2.22. The molecule has 2 saturated heterocycles. The Bertz CT molecular complexity index is 460. The Kier molecular flexibility index (Phi) is 3.61. The van der Waals surface area contributed by atoms with E-state index in [-0.39, 0.29) is 30.0 Å². The van der Waals surface area contributed by atoms with Gasteiger partial charge in [-0.05, 0) is 6.42 Å². The molecule has 0 radical (unpaired) electrons. The smallest absolute Gasteiger partial charge is 0.246 e. The lowest BCUT2D eigenvalue weighted by Gasteiger charge is -2.35. The molecular formula is C11H18N2O4S. The quantitative estimate of drug-likeness (QED) is 0.654. The molecule has 7 heteroatoms. The van der Waals surface area contributed by atoms with Gasteiger partial charge in [-0.25, -0.2) is 8.42 Å². The molecular weight excluding hydrogens is 256 g/mol. The zero-order valence-corrected chi connectivity index (χ0v) is 11.3. The summed E-state index contributed by atoms with van der Waals surface area (Å²) in [5.74, 6) is -0.990. The van der Waals surface area contributed by atoms with E-state index in [4.69, 9.17) is 0 Å². The topological polar surface area (TPSA) is 74.8 Å². The molecule has 0 unspecified atom stereocenters. The van der Waals surface area contributed by atoms with Crippen molar-refractivity contribution in [2.45, 2.75) is 32.2 Å². The maximum absolute atomic E-state index is 12.1. The number of carbonyl (C=O) groups excluding carboxylic acids is 2. The van der Waals surface area contributed by atoms with Gasteiger partial charge in [-0.1, -0.05) is 19.8 Å². The Labute approximate surface area is 107 Å². The number of nitrogens with zero attached hydrogens (tertiary/aromatic N) is 2. The molecule has 0 aliphatic carbocycles. The van der Waals surface area contributed by atoms with E-state index >= 15 is 0 Å². The van der Waals surface area contributed by atoms with E-state index in [0.717, 1.165) is 19.3 Å². The maximum atomic E-state index is 12.1. The van der Waals surface area contributed by atoms with Crippen LogP contribution in [-0.4, -0.2) is 60.8 Å². The SMILES string of the molecule is CCCCCN1CC(=O)N2CS(=O)(=O)C[C@@H]2C1=O. The molecule has 102 valence electrons. The molecule has 2 amide bonds. The molecule has 2 aliphatic heterocycles. The summed E-state index contributed by atoms with van der Waals surface area (Å²) >= 11 is 0. The molecule has 2 aliphatic rings. The van der Waals surface area contributed by atoms with Crippen molar-refractivity contribution in [1.82, 2.24) is 9.80 Å². The number of carbonyl (C=O) groups is 2. The molecule has 0 saturated carbocycles. The second-order valence-corrected chi connectivity index (χ2v) is 6.96. The molecule has 0 bridgehead atoms. The van der Waals surface area contributed by atoms with Crippen molar-refractivity contribution < 1.29 is 18.0 Å². The first-order valence-electron chi connectivity index (χ1n) is 6.23. The van der Waals surface area contributed by atoms with Gasteiger partial charge in [0.15, 0.2) is 9.84 Å². The minimum atomic E-state index is -3.29. The van der Waals surface area contributed by atoms with Crippen LogP contribution in [0.2, 0.25) is 0 Å². The van der Waals surface area contributed by atoms with E-state index in [2.05, 4.69) is 6.92 Å². The van der Waals surface area contributed by atoms with Crippen LogP contribution in [0.3, 0.4) is 0 Å². The van der Waals surface area contributed by atoms with Crippen molar-refractivity contribution >= 4 is 21.7 Å². The molecule has 6 nitrogen and oxygen atoms in total. The lowest BCUT2D eigenvalue weighted by molar-refractivity contribution is -0.153. The highest BCUT2D eigenvalue weighted by molar-refractivity contribution is 7.91. The van der Waals surface area contributed by atoms with Gasteiger partial charge in [-0.15, -0.1) is 0 Å². The van der Waals surface area contributed by atoms with Gasteiger partial charge in [-0.2, -0.15) is 0 Å². The minimum absolute atomic E-state index is 0.0224. The lowest BCUT2D eigenvalue weighted by atomic mass is 10.1. The van der Waals surface area contributed by atoms with Crippen molar-refractivity contribution in [2.75, 3.05) is 24.7 Å². The first-order valence-corrected chi connectivity index (χ1v) is 8.05. The number of rotatable bonds is 4. The fourth-order valence-electron chi connectivity index (χ4n) is 2.42. The van der Waals surface area contributed by atoms with E-state index in [1.54, 1.807) is 0 Å². The summed E-state index contributed by atoms with van der Waals surface area (Å²) in [4.78, 5) is 26.6. The molecule has 2 rings (SSSR count). The van der Waals surface area contributed by atoms with Crippen LogP contribution in [0.25, 0.3) is 0 Å². The third-order valence-corrected chi connectivity index (χ3v) is 4.89. The Balaban J connectivity index is 2.07. The van der Waals surface area contributed by atoms with E-state index in [9.17, 15) is 18.0 Å². The van der Waals surface area contributed by atoms with E-state index in [1.165, 1.54) is 9.80 Å². The highest BCUT2D eigenvalue weighted by atomic mass is 32.2. The van der Waals surface area contributed by atoms with Crippen LogP contribution in [-0.2, 0) is 19.4 Å². The first-order chi connectivity index (χ1) is 8.44. The van der Waals surface area contributed by atoms with Gasteiger partial charge in [0.2, 0.25) is 11.8 Å². The van der Waals surface area contributed by atoms with Gasteiger partial charge in [0.25, 0.3) is 0 Å². The van der Waals surface area contributed by atoms with Crippen LogP contribution in [0.4, 0.5) is 0 Å². The highest BCUT2D eigenvalue weighted by Gasteiger charge is 2.47. The van der Waals surface area contributed by atoms with Gasteiger partial charge >= 0.3 is 0 Å². The standard InChI is InChI=1S/C11H18N2O4S/c1-2-3-4-5-12-6-10(14)13-8-18(16,17)7-9(13)11(12)15/h9H,2-8H2,1H3/t9-/m1/s1. The number of hydrogen-bond acceptors (Lipinski definition) is 4. The largest absolute Gasteiger partial charge is 0.332 e. The summed E-state index contributed by atoms with van der Waals surface area (Å²) in [5, 5.41) is 0. The predicted molar refractivity (Wildman–Crippen MR) is 65.4 cm³/mol. The number of hydrogen-bond donors (Lipinski definition) is 0. The molecule has 18 heavy (non-hydrogen) atoms. The maximum Gasteiger partial charge on any atom is 0.246 e. The Hall–Kier alpha value is -1.11. The molecule has 2 heterocycles. The average Bonchev–Trinajstić information content (AvgIpc) is 2.62. The second-order valence-electron chi connectivity index (χ2n) is 4.89. The Morgan fingerprint density at radius 3 is 2.67 bits per heavy atom. The van der Waals surface area contributed by atoms with Gasteiger partial charge in [0.1, 0.15) is 11.9 Å². The van der Waals surface area contributed by atoms with Crippen LogP contribution in [0.5, 0.6) is 0 Å². The van der Waals surface area contributed by atoms with Gasteiger partial charge in [0.05, 0.1) is 12.3 Å². The van der Waals surface area contributed by atoms with Crippen LogP contribution < -0.4 is 0 Å². The zero-order valence-electron chi connectivity index (χ0n) is 10.5. The molecule has 0 spiro atoms. The second kappa shape index (κ2) is 4.87. The van der Waals surface area contributed by atoms with Crippen LogP contribution >= 0.6 is 0 Å². The number of unbranched alkanes of at least 4 members (excludes halogenated alkanes) is 2. The summed E-state index contributed by atoms with van der Waals surface area (Å²) in [6.07, 6.45) is 2.90. The predicted octanol–water partition coefficient (Wildman–Crippen LogP) is -0.398. The first kappa shape index (κ1) is 13.3. The monoisotopic (exact) mass is 274 g/mol. The fourth-order valence-corrected chi connectivity index (χ4v) is 4.08. The van der Waals surface area contributed by atoms with Gasteiger partial charge in [0, 0.05) is 6.54 Å². The lowest BCUT2D eigenvalue weighted by Crippen LogP contribution is -2.58. The summed E-state index contributed by atoms with van der Waals surface area (Å²) in [6, 6.07) is -0.780. The van der Waals surface area contributed by atoms with Crippen molar-refractivity contribution in [1.29, 1.82) is 0 Å². The van der Waals surface area contributed by atoms with Crippen LogP contribution in [0, 0.1) is 0 Å². The van der Waals surface area contributed by atoms with E-state index in [0.29, 0.717) is 6.54 Å². The summed E-state index contributed by atoms with van der Waals surface area (Å²) in [5.41, 5.74) is 0. The van der Waals surface area contributed by atoms with Crippen molar-refractivity contribution in [3.05, 3.63) is 0 Å². The van der Waals surface area contributed by atoms with E-state index in [1.807, 2.05) is 0 Å². The van der Waals surface area contributed by atoms with Crippen molar-refractivity contribution in [3.63, 3.8) is 0 Å². The molecule has 0 aromatic carbocycles.